The lowest BCUT2D eigenvalue weighted by atomic mass is 10.2. The summed E-state index contributed by atoms with van der Waals surface area (Å²) in [5.74, 6) is 0. The maximum Gasteiger partial charge on any atom is 0.322 e. The van der Waals surface area contributed by atoms with Gasteiger partial charge in [-0.1, -0.05) is 0 Å². The van der Waals surface area contributed by atoms with E-state index in [0.717, 1.165) is 0 Å². The average molecular weight is 390 g/mol. The van der Waals surface area contributed by atoms with Crippen LogP contribution in [0, 0.1) is 0 Å². The molecule has 0 unspecified atom stereocenters. The van der Waals surface area contributed by atoms with E-state index in [1.165, 1.54) is 0 Å². The van der Waals surface area contributed by atoms with Gasteiger partial charge in [0.2, 0.25) is 0 Å². The van der Waals surface area contributed by atoms with Gasteiger partial charge in [0.1, 0.15) is 0 Å². The van der Waals surface area contributed by atoms with Crippen molar-refractivity contribution in [3.63, 3.8) is 0 Å². The molecule has 0 radical (unpaired) electrons. The second kappa shape index (κ2) is 8.79. The van der Waals surface area contributed by atoms with Crippen LogP contribution in [0.3, 0.4) is 0 Å². The molecule has 28 heavy (non-hydrogen) atoms. The Balaban J connectivity index is 1.53. The second-order valence-electron chi connectivity index (χ2n) is 7.76. The van der Waals surface area contributed by atoms with E-state index in [0.29, 0.717) is 37.6 Å². The minimum atomic E-state index is -0.143. The highest BCUT2D eigenvalue weighted by Gasteiger charge is 2.27. The molecule has 0 saturated carbocycles. The van der Waals surface area contributed by atoms with Gasteiger partial charge in [0.15, 0.2) is 0 Å². The first-order chi connectivity index (χ1) is 13.3. The van der Waals surface area contributed by atoms with Gasteiger partial charge in [0, 0.05) is 37.6 Å². The van der Waals surface area contributed by atoms with Crippen molar-refractivity contribution in [2.45, 2.75) is 52.1 Å². The Labute approximate surface area is 166 Å². The van der Waals surface area contributed by atoms with E-state index in [4.69, 9.17) is 9.47 Å². The van der Waals surface area contributed by atoms with Crippen LogP contribution in [0.2, 0.25) is 0 Å². The van der Waals surface area contributed by atoms with Crippen LogP contribution in [0.5, 0.6) is 0 Å². The number of anilines is 2. The van der Waals surface area contributed by atoms with Crippen molar-refractivity contribution in [3.05, 3.63) is 24.3 Å². The molecule has 154 valence electrons. The van der Waals surface area contributed by atoms with Gasteiger partial charge in [-0.15, -0.1) is 0 Å². The number of benzene rings is 1. The monoisotopic (exact) mass is 390 g/mol. The third-order valence-corrected chi connectivity index (χ3v) is 4.80. The predicted molar refractivity (Wildman–Crippen MR) is 108 cm³/mol. The predicted octanol–water partition coefficient (Wildman–Crippen LogP) is 2.97. The zero-order valence-corrected chi connectivity index (χ0v) is 17.0. The molecule has 3 rings (SSSR count). The Morgan fingerprint density at radius 3 is 1.29 bits per heavy atom. The number of morpholine rings is 2. The zero-order valence-electron chi connectivity index (χ0n) is 17.0. The molecule has 1 aromatic rings. The molecule has 2 aliphatic rings. The van der Waals surface area contributed by atoms with Crippen molar-refractivity contribution in [2.24, 2.45) is 0 Å². The van der Waals surface area contributed by atoms with Gasteiger partial charge >= 0.3 is 12.1 Å². The molecule has 2 saturated heterocycles. The van der Waals surface area contributed by atoms with E-state index in [9.17, 15) is 9.59 Å². The number of hydrogen-bond acceptors (Lipinski definition) is 4. The van der Waals surface area contributed by atoms with Gasteiger partial charge in [-0.3, -0.25) is 0 Å². The van der Waals surface area contributed by atoms with Gasteiger partial charge in [0.25, 0.3) is 0 Å². The second-order valence-corrected chi connectivity index (χ2v) is 7.76. The number of nitrogens with zero attached hydrogens (tertiary/aromatic N) is 2. The van der Waals surface area contributed by atoms with Crippen LogP contribution in [-0.4, -0.2) is 72.5 Å². The van der Waals surface area contributed by atoms with E-state index < -0.39 is 0 Å². The molecule has 8 heteroatoms. The Bertz CT molecular complexity index is 617. The fourth-order valence-corrected chi connectivity index (χ4v) is 3.73. The minimum absolute atomic E-state index is 0.0257. The number of urea groups is 2. The molecule has 0 bridgehead atoms. The van der Waals surface area contributed by atoms with E-state index in [2.05, 4.69) is 10.6 Å². The summed E-state index contributed by atoms with van der Waals surface area (Å²) in [6.45, 7) is 10.1. The van der Waals surface area contributed by atoms with Crippen LogP contribution in [0.4, 0.5) is 21.0 Å². The molecule has 2 aliphatic heterocycles. The number of hydrogen-bond donors (Lipinski definition) is 2. The molecular formula is C20H30N4O4. The zero-order chi connectivity index (χ0) is 20.3. The van der Waals surface area contributed by atoms with Gasteiger partial charge in [-0.25, -0.2) is 9.59 Å². The molecule has 2 heterocycles. The SMILES string of the molecule is C[C@@H]1CN(C(=O)Nc2ccc(NC(=O)N3C[C@H](C)O[C@@H](C)C3)cc2)C[C@H](C)O1. The van der Waals surface area contributed by atoms with E-state index in [-0.39, 0.29) is 36.5 Å². The molecular weight excluding hydrogens is 360 g/mol. The van der Waals surface area contributed by atoms with Crippen molar-refractivity contribution in [3.8, 4) is 0 Å². The Morgan fingerprint density at radius 1 is 0.714 bits per heavy atom. The van der Waals surface area contributed by atoms with Crippen LogP contribution in [0.25, 0.3) is 0 Å². The summed E-state index contributed by atoms with van der Waals surface area (Å²) in [7, 11) is 0. The lowest BCUT2D eigenvalue weighted by Gasteiger charge is -2.35. The number of carbonyl (C=O) groups is 2. The molecule has 2 N–H and O–H groups in total. The smallest absolute Gasteiger partial charge is 0.322 e. The molecule has 4 atom stereocenters. The topological polar surface area (TPSA) is 83.1 Å². The molecule has 4 amide bonds. The first-order valence-corrected chi connectivity index (χ1v) is 9.83. The van der Waals surface area contributed by atoms with E-state index in [1.807, 2.05) is 27.7 Å². The Morgan fingerprint density at radius 2 is 1.00 bits per heavy atom. The summed E-state index contributed by atoms with van der Waals surface area (Å²) < 4.78 is 11.3. The fourth-order valence-electron chi connectivity index (χ4n) is 3.73. The highest BCUT2D eigenvalue weighted by molar-refractivity contribution is 5.91. The van der Waals surface area contributed by atoms with Crippen molar-refractivity contribution in [1.82, 2.24) is 9.80 Å². The number of ether oxygens (including phenoxy) is 2. The first-order valence-electron chi connectivity index (χ1n) is 9.83. The van der Waals surface area contributed by atoms with Crippen LogP contribution in [0.1, 0.15) is 27.7 Å². The van der Waals surface area contributed by atoms with E-state index in [1.54, 1.807) is 34.1 Å². The molecule has 1 aromatic carbocycles. The molecule has 0 spiro atoms. The third-order valence-electron chi connectivity index (χ3n) is 4.80. The lowest BCUT2D eigenvalue weighted by Crippen LogP contribution is -2.49. The summed E-state index contributed by atoms with van der Waals surface area (Å²) in [5, 5.41) is 5.80. The Hall–Kier alpha value is -2.32. The van der Waals surface area contributed by atoms with Gasteiger partial charge in [0.05, 0.1) is 24.4 Å². The quantitative estimate of drug-likeness (QED) is 0.813. The average Bonchev–Trinajstić information content (AvgIpc) is 2.61. The molecule has 2 fully saturated rings. The van der Waals surface area contributed by atoms with Crippen molar-refractivity contribution < 1.29 is 19.1 Å². The summed E-state index contributed by atoms with van der Waals surface area (Å²) in [5.41, 5.74) is 1.37. The van der Waals surface area contributed by atoms with E-state index >= 15 is 0 Å². The Kier molecular flexibility index (Phi) is 6.41. The number of amides is 4. The third kappa shape index (κ3) is 5.36. The lowest BCUT2D eigenvalue weighted by molar-refractivity contribution is -0.0531. The highest BCUT2D eigenvalue weighted by atomic mass is 16.5. The van der Waals surface area contributed by atoms with Gasteiger partial charge < -0.3 is 29.9 Å². The summed E-state index contributed by atoms with van der Waals surface area (Å²) >= 11 is 0. The standard InChI is InChI=1S/C20H30N4O4/c1-13-9-23(10-14(2)27-13)19(25)21-17-5-7-18(8-6-17)22-20(26)24-11-15(3)28-16(4)12-24/h5-8,13-16H,9-12H2,1-4H3,(H,21,25)(H,22,26)/t13-,14-,15-,16+/m0/s1. The maximum atomic E-state index is 12.5. The largest absolute Gasteiger partial charge is 0.372 e. The number of rotatable bonds is 2. The first kappa shape index (κ1) is 20.4. The van der Waals surface area contributed by atoms with Crippen molar-refractivity contribution in [1.29, 1.82) is 0 Å². The number of nitrogens with one attached hydrogen (secondary N) is 2. The molecule has 8 nitrogen and oxygen atoms in total. The number of carbonyl (C=O) groups excluding carboxylic acids is 2. The minimum Gasteiger partial charge on any atom is -0.372 e. The van der Waals surface area contributed by atoms with Crippen molar-refractivity contribution in [2.75, 3.05) is 36.8 Å². The molecule has 0 aliphatic carbocycles. The van der Waals surface area contributed by atoms with Crippen LogP contribution >= 0.6 is 0 Å². The van der Waals surface area contributed by atoms with Crippen LogP contribution in [-0.2, 0) is 9.47 Å². The highest BCUT2D eigenvalue weighted by Crippen LogP contribution is 2.18. The van der Waals surface area contributed by atoms with Crippen LogP contribution in [0.15, 0.2) is 24.3 Å². The fraction of sp³-hybridized carbons (Fsp3) is 0.600. The molecule has 0 aromatic heterocycles. The maximum absolute atomic E-state index is 12.5. The summed E-state index contributed by atoms with van der Waals surface area (Å²) in [4.78, 5) is 28.4. The summed E-state index contributed by atoms with van der Waals surface area (Å²) in [6, 6.07) is 6.85. The van der Waals surface area contributed by atoms with Gasteiger partial charge in [-0.2, -0.15) is 0 Å². The summed E-state index contributed by atoms with van der Waals surface area (Å²) in [6.07, 6.45) is 0.103. The van der Waals surface area contributed by atoms with Gasteiger partial charge in [-0.05, 0) is 52.0 Å². The van der Waals surface area contributed by atoms with Crippen molar-refractivity contribution >= 4 is 23.4 Å². The van der Waals surface area contributed by atoms with Crippen LogP contribution < -0.4 is 10.6 Å². The normalized spacial score (nSPS) is 28.0.